The SMILES string of the molecule is CCC(C)N1C(=O)CC[C@@H]1C. The Hall–Kier alpha value is -0.530. The highest BCUT2D eigenvalue weighted by atomic mass is 16.2. The molecule has 1 saturated heterocycles. The summed E-state index contributed by atoms with van der Waals surface area (Å²) in [5, 5.41) is 0. The highest BCUT2D eigenvalue weighted by Gasteiger charge is 2.30. The molecule has 2 heteroatoms. The summed E-state index contributed by atoms with van der Waals surface area (Å²) < 4.78 is 0. The van der Waals surface area contributed by atoms with Gasteiger partial charge in [0.25, 0.3) is 0 Å². The first-order valence-corrected chi connectivity index (χ1v) is 4.48. The Morgan fingerprint density at radius 2 is 2.36 bits per heavy atom. The van der Waals surface area contributed by atoms with Crippen LogP contribution in [0, 0.1) is 0 Å². The molecule has 1 aliphatic heterocycles. The number of carbonyl (C=O) groups is 1. The summed E-state index contributed by atoms with van der Waals surface area (Å²) in [5.74, 6) is 0.340. The van der Waals surface area contributed by atoms with Gasteiger partial charge in [0.1, 0.15) is 0 Å². The lowest BCUT2D eigenvalue weighted by Gasteiger charge is -2.27. The molecule has 1 aliphatic rings. The van der Waals surface area contributed by atoms with E-state index in [1.54, 1.807) is 0 Å². The van der Waals surface area contributed by atoms with E-state index in [1.165, 1.54) is 0 Å². The maximum atomic E-state index is 11.3. The van der Waals surface area contributed by atoms with Crippen LogP contribution in [0.15, 0.2) is 0 Å². The summed E-state index contributed by atoms with van der Waals surface area (Å²) in [6, 6.07) is 0.900. The zero-order chi connectivity index (χ0) is 8.43. The van der Waals surface area contributed by atoms with Gasteiger partial charge in [0.2, 0.25) is 5.91 Å². The van der Waals surface area contributed by atoms with Gasteiger partial charge in [-0.2, -0.15) is 0 Å². The summed E-state index contributed by atoms with van der Waals surface area (Å²) in [6.07, 6.45) is 2.87. The Labute approximate surface area is 68.6 Å². The average Bonchev–Trinajstić information content (AvgIpc) is 2.30. The van der Waals surface area contributed by atoms with Gasteiger partial charge in [-0.3, -0.25) is 4.79 Å². The third-order valence-electron chi connectivity index (χ3n) is 2.60. The van der Waals surface area contributed by atoms with E-state index in [0.29, 0.717) is 18.0 Å². The number of amides is 1. The molecule has 2 atom stereocenters. The van der Waals surface area contributed by atoms with E-state index >= 15 is 0 Å². The number of nitrogens with zero attached hydrogens (tertiary/aromatic N) is 1. The predicted molar refractivity (Wildman–Crippen MR) is 45.3 cm³/mol. The summed E-state index contributed by atoms with van der Waals surface area (Å²) in [7, 11) is 0. The molecule has 0 N–H and O–H groups in total. The van der Waals surface area contributed by atoms with Gasteiger partial charge in [0.05, 0.1) is 0 Å². The highest BCUT2D eigenvalue weighted by molar-refractivity contribution is 5.78. The standard InChI is InChI=1S/C9H17NO/c1-4-7(2)10-8(3)5-6-9(10)11/h7-8H,4-6H2,1-3H3/t7?,8-/m0/s1. The number of likely N-dealkylation sites (tertiary alicyclic amines) is 1. The van der Waals surface area contributed by atoms with Gasteiger partial charge in [-0.25, -0.2) is 0 Å². The number of carbonyl (C=O) groups excluding carboxylic acids is 1. The summed E-state index contributed by atoms with van der Waals surface area (Å²) in [5.41, 5.74) is 0. The fraction of sp³-hybridized carbons (Fsp3) is 0.889. The third-order valence-corrected chi connectivity index (χ3v) is 2.60. The smallest absolute Gasteiger partial charge is 0.223 e. The normalized spacial score (nSPS) is 27.7. The molecule has 64 valence electrons. The molecule has 1 heterocycles. The van der Waals surface area contributed by atoms with Crippen molar-refractivity contribution >= 4 is 5.91 Å². The minimum absolute atomic E-state index is 0.340. The van der Waals surface area contributed by atoms with Crippen molar-refractivity contribution in [1.82, 2.24) is 4.90 Å². The minimum Gasteiger partial charge on any atom is -0.337 e. The molecule has 0 aliphatic carbocycles. The van der Waals surface area contributed by atoms with Crippen molar-refractivity contribution in [3.05, 3.63) is 0 Å². The molecular weight excluding hydrogens is 138 g/mol. The first kappa shape index (κ1) is 8.57. The molecule has 0 aromatic heterocycles. The van der Waals surface area contributed by atoms with E-state index in [4.69, 9.17) is 0 Å². The Kier molecular flexibility index (Phi) is 2.53. The largest absolute Gasteiger partial charge is 0.337 e. The van der Waals surface area contributed by atoms with Gasteiger partial charge >= 0.3 is 0 Å². The lowest BCUT2D eigenvalue weighted by atomic mass is 10.2. The molecule has 1 rings (SSSR count). The van der Waals surface area contributed by atoms with Crippen LogP contribution in [0.5, 0.6) is 0 Å². The first-order chi connectivity index (χ1) is 5.16. The number of hydrogen-bond acceptors (Lipinski definition) is 1. The summed E-state index contributed by atoms with van der Waals surface area (Å²) >= 11 is 0. The van der Waals surface area contributed by atoms with Crippen LogP contribution in [0.2, 0.25) is 0 Å². The molecular formula is C9H17NO. The van der Waals surface area contributed by atoms with E-state index in [9.17, 15) is 4.79 Å². The lowest BCUT2D eigenvalue weighted by molar-refractivity contribution is -0.130. The molecule has 0 aromatic rings. The molecule has 1 unspecified atom stereocenters. The molecule has 11 heavy (non-hydrogen) atoms. The molecule has 0 bridgehead atoms. The monoisotopic (exact) mass is 155 g/mol. The third kappa shape index (κ3) is 1.55. The molecule has 0 spiro atoms. The second-order valence-electron chi connectivity index (χ2n) is 3.45. The van der Waals surface area contributed by atoms with Crippen LogP contribution in [-0.4, -0.2) is 22.9 Å². The van der Waals surface area contributed by atoms with Gasteiger partial charge in [-0.05, 0) is 26.7 Å². The van der Waals surface area contributed by atoms with E-state index in [1.807, 2.05) is 4.90 Å². The van der Waals surface area contributed by atoms with E-state index in [2.05, 4.69) is 20.8 Å². The molecule has 0 saturated carbocycles. The predicted octanol–water partition coefficient (Wildman–Crippen LogP) is 1.80. The van der Waals surface area contributed by atoms with Gasteiger partial charge in [0.15, 0.2) is 0 Å². The van der Waals surface area contributed by atoms with Crippen LogP contribution in [0.25, 0.3) is 0 Å². The zero-order valence-electron chi connectivity index (χ0n) is 7.63. The van der Waals surface area contributed by atoms with Gasteiger partial charge < -0.3 is 4.90 Å². The van der Waals surface area contributed by atoms with Crippen molar-refractivity contribution in [3.8, 4) is 0 Å². The lowest BCUT2D eigenvalue weighted by Crippen LogP contribution is -2.38. The van der Waals surface area contributed by atoms with Crippen LogP contribution >= 0.6 is 0 Å². The van der Waals surface area contributed by atoms with Crippen LogP contribution < -0.4 is 0 Å². The maximum Gasteiger partial charge on any atom is 0.223 e. The Morgan fingerprint density at radius 3 is 2.73 bits per heavy atom. The Bertz CT molecular complexity index is 156. The van der Waals surface area contributed by atoms with Crippen molar-refractivity contribution in [2.24, 2.45) is 0 Å². The molecule has 0 radical (unpaired) electrons. The fourth-order valence-electron chi connectivity index (χ4n) is 1.72. The quantitative estimate of drug-likeness (QED) is 0.595. The highest BCUT2D eigenvalue weighted by Crippen LogP contribution is 2.21. The van der Waals surface area contributed by atoms with Gasteiger partial charge in [0, 0.05) is 18.5 Å². The summed E-state index contributed by atoms with van der Waals surface area (Å²) in [4.78, 5) is 13.3. The second kappa shape index (κ2) is 3.24. The summed E-state index contributed by atoms with van der Waals surface area (Å²) in [6.45, 7) is 6.39. The minimum atomic E-state index is 0.340. The first-order valence-electron chi connectivity index (χ1n) is 4.48. The van der Waals surface area contributed by atoms with Crippen LogP contribution in [0.1, 0.15) is 40.0 Å². The fourth-order valence-corrected chi connectivity index (χ4v) is 1.72. The topological polar surface area (TPSA) is 20.3 Å². The molecule has 1 amide bonds. The van der Waals surface area contributed by atoms with E-state index < -0.39 is 0 Å². The van der Waals surface area contributed by atoms with Crippen molar-refractivity contribution < 1.29 is 4.79 Å². The number of hydrogen-bond donors (Lipinski definition) is 0. The van der Waals surface area contributed by atoms with Crippen LogP contribution in [-0.2, 0) is 4.79 Å². The molecule has 1 fully saturated rings. The van der Waals surface area contributed by atoms with Crippen molar-refractivity contribution in [2.45, 2.75) is 52.1 Å². The van der Waals surface area contributed by atoms with Crippen molar-refractivity contribution in [2.75, 3.05) is 0 Å². The number of rotatable bonds is 2. The molecule has 2 nitrogen and oxygen atoms in total. The van der Waals surface area contributed by atoms with Gasteiger partial charge in [-0.1, -0.05) is 6.92 Å². The molecule has 0 aromatic carbocycles. The van der Waals surface area contributed by atoms with Crippen LogP contribution in [0.3, 0.4) is 0 Å². The zero-order valence-corrected chi connectivity index (χ0v) is 7.63. The van der Waals surface area contributed by atoms with Crippen molar-refractivity contribution in [3.63, 3.8) is 0 Å². The average molecular weight is 155 g/mol. The van der Waals surface area contributed by atoms with Gasteiger partial charge in [-0.15, -0.1) is 0 Å². The van der Waals surface area contributed by atoms with E-state index in [0.717, 1.165) is 19.3 Å². The van der Waals surface area contributed by atoms with Crippen molar-refractivity contribution in [1.29, 1.82) is 0 Å². The second-order valence-corrected chi connectivity index (χ2v) is 3.45. The maximum absolute atomic E-state index is 11.3. The van der Waals surface area contributed by atoms with Crippen LogP contribution in [0.4, 0.5) is 0 Å². The van der Waals surface area contributed by atoms with E-state index in [-0.39, 0.29) is 0 Å². The Morgan fingerprint density at radius 1 is 1.73 bits per heavy atom. The Balaban J connectivity index is 2.60.